The molecule has 0 spiro atoms. The molecule has 1 fully saturated rings. The summed E-state index contributed by atoms with van der Waals surface area (Å²) in [6, 6.07) is 0. The summed E-state index contributed by atoms with van der Waals surface area (Å²) >= 11 is 1.69. The Bertz CT molecular complexity index is 408. The predicted molar refractivity (Wildman–Crippen MR) is 69.1 cm³/mol. The number of hydrogen-bond acceptors (Lipinski definition) is 4. The van der Waals surface area contributed by atoms with Gasteiger partial charge in [0.15, 0.2) is 0 Å². The number of carbonyl (C=O) groups is 1. The SMILES string of the molecule is CC(C)(C)c1csc(CN2CCNC(=O)C2)n1. The van der Waals surface area contributed by atoms with Gasteiger partial charge in [0.25, 0.3) is 0 Å². The lowest BCUT2D eigenvalue weighted by atomic mass is 9.93. The second kappa shape index (κ2) is 4.74. The van der Waals surface area contributed by atoms with Crippen LogP contribution in [0.25, 0.3) is 0 Å². The van der Waals surface area contributed by atoms with E-state index in [0.717, 1.165) is 30.3 Å². The standard InChI is InChI=1S/C12H19N3OS/c1-12(2,3)9-8-17-11(14-9)7-15-5-4-13-10(16)6-15/h8H,4-7H2,1-3H3,(H,13,16). The molecule has 4 nitrogen and oxygen atoms in total. The molecule has 0 unspecified atom stereocenters. The molecule has 5 heteroatoms. The van der Waals surface area contributed by atoms with E-state index in [1.54, 1.807) is 11.3 Å². The predicted octanol–water partition coefficient (Wildman–Crippen LogP) is 1.37. The van der Waals surface area contributed by atoms with Gasteiger partial charge in [0.05, 0.1) is 18.8 Å². The fraction of sp³-hybridized carbons (Fsp3) is 0.667. The maximum absolute atomic E-state index is 11.3. The highest BCUT2D eigenvalue weighted by molar-refractivity contribution is 7.09. The van der Waals surface area contributed by atoms with Crippen LogP contribution in [0, 0.1) is 0 Å². The molecule has 1 amide bonds. The number of thiazole rings is 1. The van der Waals surface area contributed by atoms with Crippen LogP contribution in [0.1, 0.15) is 31.5 Å². The van der Waals surface area contributed by atoms with Crippen LogP contribution in [0.5, 0.6) is 0 Å². The molecule has 1 aliphatic rings. The minimum atomic E-state index is 0.105. The molecule has 0 atom stereocenters. The zero-order valence-corrected chi connectivity index (χ0v) is 11.4. The number of aromatic nitrogens is 1. The Balaban J connectivity index is 1.99. The van der Waals surface area contributed by atoms with Crippen molar-refractivity contribution in [1.29, 1.82) is 0 Å². The number of nitrogens with zero attached hydrogens (tertiary/aromatic N) is 2. The van der Waals surface area contributed by atoms with Gasteiger partial charge in [-0.05, 0) is 0 Å². The zero-order chi connectivity index (χ0) is 12.5. The lowest BCUT2D eigenvalue weighted by Gasteiger charge is -2.25. The number of amides is 1. The second-order valence-corrected chi connectivity index (χ2v) is 6.38. The molecule has 2 rings (SSSR count). The third-order valence-electron chi connectivity index (χ3n) is 2.80. The van der Waals surface area contributed by atoms with Crippen molar-refractivity contribution >= 4 is 17.2 Å². The van der Waals surface area contributed by atoms with Crippen LogP contribution in [0.4, 0.5) is 0 Å². The third kappa shape index (κ3) is 3.26. The van der Waals surface area contributed by atoms with Gasteiger partial charge in [-0.1, -0.05) is 20.8 Å². The molecule has 1 aliphatic heterocycles. The Labute approximate surface area is 106 Å². The van der Waals surface area contributed by atoms with Crippen molar-refractivity contribution < 1.29 is 4.79 Å². The van der Waals surface area contributed by atoms with Crippen LogP contribution >= 0.6 is 11.3 Å². The van der Waals surface area contributed by atoms with Gasteiger partial charge in [-0.25, -0.2) is 4.98 Å². The Morgan fingerprint density at radius 2 is 2.29 bits per heavy atom. The lowest BCUT2D eigenvalue weighted by Crippen LogP contribution is -2.47. The van der Waals surface area contributed by atoms with Crippen LogP contribution < -0.4 is 5.32 Å². The van der Waals surface area contributed by atoms with Crippen molar-refractivity contribution in [2.24, 2.45) is 0 Å². The molecule has 1 saturated heterocycles. The summed E-state index contributed by atoms with van der Waals surface area (Å²) in [5.74, 6) is 0.115. The van der Waals surface area contributed by atoms with Crippen LogP contribution in [0.3, 0.4) is 0 Å². The molecule has 0 bridgehead atoms. The van der Waals surface area contributed by atoms with E-state index in [9.17, 15) is 4.79 Å². The average molecular weight is 253 g/mol. The van der Waals surface area contributed by atoms with Crippen molar-refractivity contribution in [1.82, 2.24) is 15.2 Å². The molecule has 94 valence electrons. The third-order valence-corrected chi connectivity index (χ3v) is 3.63. The van der Waals surface area contributed by atoms with E-state index in [-0.39, 0.29) is 11.3 Å². The first-order valence-electron chi connectivity index (χ1n) is 5.89. The Morgan fingerprint density at radius 3 is 2.88 bits per heavy atom. The topological polar surface area (TPSA) is 45.2 Å². The van der Waals surface area contributed by atoms with Crippen LogP contribution in [-0.2, 0) is 16.8 Å². The summed E-state index contributed by atoms with van der Waals surface area (Å²) in [5.41, 5.74) is 1.24. The monoisotopic (exact) mass is 253 g/mol. The maximum Gasteiger partial charge on any atom is 0.234 e. The summed E-state index contributed by atoms with van der Waals surface area (Å²) in [6.45, 7) is 9.44. The number of piperazine rings is 1. The van der Waals surface area contributed by atoms with Gasteiger partial charge < -0.3 is 5.32 Å². The van der Waals surface area contributed by atoms with Crippen molar-refractivity contribution in [2.75, 3.05) is 19.6 Å². The van der Waals surface area contributed by atoms with Crippen molar-refractivity contribution in [3.8, 4) is 0 Å². The molecule has 1 aromatic heterocycles. The molecule has 0 radical (unpaired) electrons. The average Bonchev–Trinajstić information content (AvgIpc) is 2.65. The van der Waals surface area contributed by atoms with Crippen molar-refractivity contribution in [2.45, 2.75) is 32.7 Å². The molecular weight excluding hydrogens is 234 g/mol. The van der Waals surface area contributed by atoms with Gasteiger partial charge >= 0.3 is 0 Å². The molecule has 0 saturated carbocycles. The summed E-state index contributed by atoms with van der Waals surface area (Å²) in [4.78, 5) is 18.0. The van der Waals surface area contributed by atoms with Crippen LogP contribution in [0.2, 0.25) is 0 Å². The smallest absolute Gasteiger partial charge is 0.234 e. The van der Waals surface area contributed by atoms with E-state index >= 15 is 0 Å². The van der Waals surface area contributed by atoms with Gasteiger partial charge in [0, 0.05) is 23.9 Å². The highest BCUT2D eigenvalue weighted by Crippen LogP contribution is 2.24. The van der Waals surface area contributed by atoms with Gasteiger partial charge in [0.2, 0.25) is 5.91 Å². The molecule has 1 aromatic rings. The fourth-order valence-corrected chi connectivity index (χ4v) is 2.81. The van der Waals surface area contributed by atoms with Gasteiger partial charge in [-0.2, -0.15) is 0 Å². The highest BCUT2D eigenvalue weighted by Gasteiger charge is 2.20. The summed E-state index contributed by atoms with van der Waals surface area (Å²) in [7, 11) is 0. The van der Waals surface area contributed by atoms with E-state index in [1.165, 1.54) is 0 Å². The zero-order valence-electron chi connectivity index (χ0n) is 10.6. The molecule has 0 aromatic carbocycles. The first kappa shape index (κ1) is 12.5. The maximum atomic E-state index is 11.3. The molecular formula is C12H19N3OS. The van der Waals surface area contributed by atoms with Crippen molar-refractivity contribution in [3.05, 3.63) is 16.1 Å². The summed E-state index contributed by atoms with van der Waals surface area (Å²) < 4.78 is 0. The molecule has 0 aliphatic carbocycles. The Morgan fingerprint density at radius 1 is 1.53 bits per heavy atom. The number of rotatable bonds is 2. The van der Waals surface area contributed by atoms with Gasteiger partial charge in [-0.15, -0.1) is 11.3 Å². The number of carbonyl (C=O) groups excluding carboxylic acids is 1. The quantitative estimate of drug-likeness (QED) is 0.866. The van der Waals surface area contributed by atoms with E-state index in [1.807, 2.05) is 0 Å². The van der Waals surface area contributed by atoms with E-state index in [2.05, 4.69) is 41.4 Å². The molecule has 2 heterocycles. The van der Waals surface area contributed by atoms with Crippen LogP contribution in [-0.4, -0.2) is 35.4 Å². The minimum Gasteiger partial charge on any atom is -0.354 e. The summed E-state index contributed by atoms with van der Waals surface area (Å²) in [6.07, 6.45) is 0. The lowest BCUT2D eigenvalue weighted by molar-refractivity contribution is -0.124. The van der Waals surface area contributed by atoms with Gasteiger partial charge in [0.1, 0.15) is 5.01 Å². The molecule has 17 heavy (non-hydrogen) atoms. The fourth-order valence-electron chi connectivity index (χ4n) is 1.75. The minimum absolute atomic E-state index is 0.105. The summed E-state index contributed by atoms with van der Waals surface area (Å²) in [5, 5.41) is 6.06. The Hall–Kier alpha value is -0.940. The number of nitrogens with one attached hydrogen (secondary N) is 1. The first-order valence-corrected chi connectivity index (χ1v) is 6.77. The number of hydrogen-bond donors (Lipinski definition) is 1. The van der Waals surface area contributed by atoms with E-state index in [4.69, 9.17) is 0 Å². The second-order valence-electron chi connectivity index (χ2n) is 5.44. The van der Waals surface area contributed by atoms with Crippen LogP contribution in [0.15, 0.2) is 5.38 Å². The largest absolute Gasteiger partial charge is 0.354 e. The Kier molecular flexibility index (Phi) is 3.49. The highest BCUT2D eigenvalue weighted by atomic mass is 32.1. The first-order chi connectivity index (χ1) is 7.95. The van der Waals surface area contributed by atoms with E-state index in [0.29, 0.717) is 6.54 Å². The molecule has 1 N–H and O–H groups in total. The van der Waals surface area contributed by atoms with Crippen molar-refractivity contribution in [3.63, 3.8) is 0 Å². The van der Waals surface area contributed by atoms with Gasteiger partial charge in [-0.3, -0.25) is 9.69 Å². The van der Waals surface area contributed by atoms with E-state index < -0.39 is 0 Å². The normalized spacial score (nSPS) is 18.2.